The van der Waals surface area contributed by atoms with Crippen LogP contribution in [0.3, 0.4) is 0 Å². The van der Waals surface area contributed by atoms with Crippen molar-refractivity contribution < 1.29 is 14.3 Å². The summed E-state index contributed by atoms with van der Waals surface area (Å²) < 4.78 is 4.58. The van der Waals surface area contributed by atoms with Crippen molar-refractivity contribution in [2.24, 2.45) is 0 Å². The van der Waals surface area contributed by atoms with Crippen LogP contribution in [0, 0.1) is 13.8 Å². The van der Waals surface area contributed by atoms with Crippen LogP contribution in [0.15, 0.2) is 18.2 Å². The number of amides is 2. The van der Waals surface area contributed by atoms with E-state index in [0.29, 0.717) is 6.54 Å². The Kier molecular flexibility index (Phi) is 3.74. The summed E-state index contributed by atoms with van der Waals surface area (Å²) in [6, 6.07) is 5.82. The smallest absolute Gasteiger partial charge is 0.325 e. The summed E-state index contributed by atoms with van der Waals surface area (Å²) >= 11 is 0. The first-order chi connectivity index (χ1) is 9.01. The molecule has 0 spiro atoms. The molecule has 1 heterocycles. The number of carbonyl (C=O) groups excluding carboxylic acids is 2. The minimum atomic E-state index is -0.407. The molecule has 1 aromatic carbocycles. The van der Waals surface area contributed by atoms with E-state index in [1.165, 1.54) is 23.1 Å². The van der Waals surface area contributed by atoms with Crippen LogP contribution >= 0.6 is 0 Å². The lowest BCUT2D eigenvalue weighted by Gasteiger charge is -2.13. The van der Waals surface area contributed by atoms with Crippen LogP contribution in [0.2, 0.25) is 0 Å². The van der Waals surface area contributed by atoms with Crippen LogP contribution in [0.5, 0.6) is 0 Å². The molecule has 0 saturated carbocycles. The molecular weight excluding hydrogens is 244 g/mol. The quantitative estimate of drug-likeness (QED) is 0.841. The Labute approximate surface area is 112 Å². The molecule has 1 atom stereocenters. The van der Waals surface area contributed by atoms with Gasteiger partial charge in [-0.3, -0.25) is 4.79 Å². The van der Waals surface area contributed by atoms with E-state index >= 15 is 0 Å². The molecule has 1 fully saturated rings. The van der Waals surface area contributed by atoms with E-state index in [4.69, 9.17) is 0 Å². The van der Waals surface area contributed by atoms with Crippen LogP contribution in [-0.2, 0) is 9.53 Å². The van der Waals surface area contributed by atoms with Crippen LogP contribution in [0.25, 0.3) is 0 Å². The van der Waals surface area contributed by atoms with Crippen molar-refractivity contribution in [2.45, 2.75) is 19.9 Å². The van der Waals surface area contributed by atoms with Gasteiger partial charge in [0.1, 0.15) is 6.54 Å². The van der Waals surface area contributed by atoms with E-state index in [-0.39, 0.29) is 18.6 Å². The summed E-state index contributed by atoms with van der Waals surface area (Å²) in [5.74, 6) is -0.407. The molecule has 102 valence electrons. The predicted octanol–water partition coefficient (Wildman–Crippen LogP) is 1.54. The number of nitrogens with one attached hydrogen (secondary N) is 1. The molecule has 1 unspecified atom stereocenters. The molecule has 1 N–H and O–H groups in total. The molecule has 5 nitrogen and oxygen atoms in total. The van der Waals surface area contributed by atoms with Gasteiger partial charge in [-0.1, -0.05) is 18.2 Å². The second-order valence-electron chi connectivity index (χ2n) is 4.80. The van der Waals surface area contributed by atoms with Gasteiger partial charge in [0.15, 0.2) is 0 Å². The largest absolute Gasteiger partial charge is 0.468 e. The number of benzene rings is 1. The van der Waals surface area contributed by atoms with Crippen molar-refractivity contribution in [3.05, 3.63) is 34.9 Å². The first kappa shape index (κ1) is 13.4. The maximum absolute atomic E-state index is 11.8. The van der Waals surface area contributed by atoms with Gasteiger partial charge in [0, 0.05) is 6.54 Å². The van der Waals surface area contributed by atoms with Crippen molar-refractivity contribution in [1.82, 2.24) is 10.2 Å². The highest BCUT2D eigenvalue weighted by atomic mass is 16.5. The summed E-state index contributed by atoms with van der Waals surface area (Å²) in [7, 11) is 1.32. The van der Waals surface area contributed by atoms with E-state index in [1.807, 2.05) is 19.1 Å². The third-order valence-electron chi connectivity index (χ3n) is 3.47. The van der Waals surface area contributed by atoms with Crippen LogP contribution in [0.1, 0.15) is 22.7 Å². The highest BCUT2D eigenvalue weighted by molar-refractivity contribution is 5.82. The zero-order chi connectivity index (χ0) is 14.0. The summed E-state index contributed by atoms with van der Waals surface area (Å²) in [4.78, 5) is 24.4. The molecule has 1 saturated heterocycles. The van der Waals surface area contributed by atoms with Crippen molar-refractivity contribution in [3.63, 3.8) is 0 Å². The van der Waals surface area contributed by atoms with Gasteiger partial charge in [0.2, 0.25) is 0 Å². The van der Waals surface area contributed by atoms with Gasteiger partial charge in [-0.25, -0.2) is 4.79 Å². The van der Waals surface area contributed by atoms with Crippen LogP contribution in [0.4, 0.5) is 4.79 Å². The van der Waals surface area contributed by atoms with Gasteiger partial charge in [-0.05, 0) is 30.5 Å². The number of esters is 1. The summed E-state index contributed by atoms with van der Waals surface area (Å²) in [6.45, 7) is 4.57. The number of rotatable bonds is 3. The molecular formula is C14H18N2O3. The van der Waals surface area contributed by atoms with Crippen LogP contribution < -0.4 is 5.32 Å². The molecule has 1 aliphatic rings. The molecule has 5 heteroatoms. The fourth-order valence-electron chi connectivity index (χ4n) is 2.12. The highest BCUT2D eigenvalue weighted by Crippen LogP contribution is 2.22. The molecule has 19 heavy (non-hydrogen) atoms. The first-order valence-electron chi connectivity index (χ1n) is 6.20. The van der Waals surface area contributed by atoms with E-state index in [0.717, 1.165) is 5.56 Å². The number of carbonyl (C=O) groups is 2. The minimum Gasteiger partial charge on any atom is -0.468 e. The molecule has 0 radical (unpaired) electrons. The van der Waals surface area contributed by atoms with Crippen molar-refractivity contribution in [1.29, 1.82) is 0 Å². The third-order valence-corrected chi connectivity index (χ3v) is 3.47. The number of methoxy groups -OCH3 is 1. The molecule has 2 rings (SSSR count). The van der Waals surface area contributed by atoms with E-state index < -0.39 is 5.97 Å². The summed E-state index contributed by atoms with van der Waals surface area (Å²) in [6.07, 6.45) is 0. The second-order valence-corrected chi connectivity index (χ2v) is 4.80. The topological polar surface area (TPSA) is 58.6 Å². The monoisotopic (exact) mass is 262 g/mol. The molecule has 1 aromatic rings. The van der Waals surface area contributed by atoms with E-state index in [9.17, 15) is 9.59 Å². The number of urea groups is 1. The SMILES string of the molecule is COC(=O)CN1CC(c2ccc(C)c(C)c2)NC1=O. The summed E-state index contributed by atoms with van der Waals surface area (Å²) in [5, 5.41) is 2.88. The number of hydrogen-bond donors (Lipinski definition) is 1. The standard InChI is InChI=1S/C14H18N2O3/c1-9-4-5-11(6-10(9)2)12-7-16(14(18)15-12)8-13(17)19-3/h4-6,12H,7-8H2,1-3H3,(H,15,18). The predicted molar refractivity (Wildman–Crippen MR) is 70.8 cm³/mol. The number of ether oxygens (including phenoxy) is 1. The number of hydrogen-bond acceptors (Lipinski definition) is 3. The molecule has 2 amide bonds. The van der Waals surface area contributed by atoms with Gasteiger partial charge in [0.25, 0.3) is 0 Å². The lowest BCUT2D eigenvalue weighted by atomic mass is 10.0. The Bertz CT molecular complexity index is 513. The molecule has 1 aliphatic heterocycles. The summed E-state index contributed by atoms with van der Waals surface area (Å²) in [5.41, 5.74) is 3.47. The van der Waals surface area contributed by atoms with Crippen molar-refractivity contribution in [3.8, 4) is 0 Å². The Morgan fingerprint density at radius 1 is 1.42 bits per heavy atom. The Morgan fingerprint density at radius 2 is 2.16 bits per heavy atom. The molecule has 0 bridgehead atoms. The van der Waals surface area contributed by atoms with Crippen molar-refractivity contribution >= 4 is 12.0 Å². The number of aryl methyl sites for hydroxylation is 2. The Morgan fingerprint density at radius 3 is 2.79 bits per heavy atom. The van der Waals surface area contributed by atoms with E-state index in [1.54, 1.807) is 0 Å². The van der Waals surface area contributed by atoms with Crippen molar-refractivity contribution in [2.75, 3.05) is 20.2 Å². The minimum absolute atomic E-state index is 0.0102. The van der Waals surface area contributed by atoms with Gasteiger partial charge >= 0.3 is 12.0 Å². The lowest BCUT2D eigenvalue weighted by molar-refractivity contribution is -0.141. The lowest BCUT2D eigenvalue weighted by Crippen LogP contribution is -2.33. The fraction of sp³-hybridized carbons (Fsp3) is 0.429. The first-order valence-corrected chi connectivity index (χ1v) is 6.20. The maximum atomic E-state index is 11.8. The zero-order valence-electron chi connectivity index (χ0n) is 11.4. The average Bonchev–Trinajstić information content (AvgIpc) is 2.74. The van der Waals surface area contributed by atoms with Gasteiger partial charge in [-0.15, -0.1) is 0 Å². The highest BCUT2D eigenvalue weighted by Gasteiger charge is 2.31. The fourth-order valence-corrected chi connectivity index (χ4v) is 2.12. The van der Waals surface area contributed by atoms with Gasteiger partial charge in [0.05, 0.1) is 13.2 Å². The second kappa shape index (κ2) is 5.30. The maximum Gasteiger partial charge on any atom is 0.325 e. The zero-order valence-corrected chi connectivity index (χ0v) is 11.4. The molecule has 0 aliphatic carbocycles. The third kappa shape index (κ3) is 2.86. The van der Waals surface area contributed by atoms with Gasteiger partial charge in [-0.2, -0.15) is 0 Å². The van der Waals surface area contributed by atoms with Gasteiger partial charge < -0.3 is 15.0 Å². The Balaban J connectivity index is 2.09. The van der Waals surface area contributed by atoms with Crippen LogP contribution in [-0.4, -0.2) is 37.1 Å². The number of nitrogens with zero attached hydrogens (tertiary/aromatic N) is 1. The molecule has 0 aromatic heterocycles. The normalized spacial score (nSPS) is 18.4. The Hall–Kier alpha value is -2.04. The average molecular weight is 262 g/mol. The van der Waals surface area contributed by atoms with E-state index in [2.05, 4.69) is 23.0 Å².